The van der Waals surface area contributed by atoms with E-state index in [0.29, 0.717) is 10.8 Å². The summed E-state index contributed by atoms with van der Waals surface area (Å²) in [6, 6.07) is 8.98. The average molecular weight is 157 g/mol. The maximum Gasteiger partial charge on any atom is 0.0199 e. The van der Waals surface area contributed by atoms with Crippen molar-refractivity contribution in [3.8, 4) is 0 Å². The Balaban J connectivity index is 2.06. The Morgan fingerprint density at radius 1 is 1.00 bits per heavy atom. The first kappa shape index (κ1) is 5.76. The summed E-state index contributed by atoms with van der Waals surface area (Å²) in [6.45, 7) is 2.45. The van der Waals surface area contributed by atoms with Crippen LogP contribution in [-0.2, 0) is 10.8 Å². The van der Waals surface area contributed by atoms with Crippen LogP contribution in [0.25, 0.3) is 0 Å². The molecule has 0 bridgehead atoms. The molecule has 1 N–H and O–H groups in total. The van der Waals surface area contributed by atoms with Crippen molar-refractivity contribution in [3.05, 3.63) is 35.4 Å². The van der Waals surface area contributed by atoms with Crippen LogP contribution in [0, 0.1) is 0 Å². The third-order valence-electron chi connectivity index (χ3n) is 4.21. The fraction of sp³-hybridized carbons (Fsp3) is 0.455. The Kier molecular flexibility index (Phi) is 0.650. The molecule has 3 aliphatic rings. The summed E-state index contributed by atoms with van der Waals surface area (Å²) >= 11 is 0. The van der Waals surface area contributed by atoms with Gasteiger partial charge in [-0.1, -0.05) is 24.3 Å². The van der Waals surface area contributed by atoms with Gasteiger partial charge in [-0.25, -0.2) is 0 Å². The summed E-state index contributed by atoms with van der Waals surface area (Å²) < 4.78 is 0. The van der Waals surface area contributed by atoms with Crippen LogP contribution in [0.2, 0.25) is 0 Å². The number of piperidine rings is 1. The van der Waals surface area contributed by atoms with Crippen LogP contribution in [0.15, 0.2) is 24.3 Å². The van der Waals surface area contributed by atoms with Crippen molar-refractivity contribution in [2.45, 2.75) is 17.3 Å². The fourth-order valence-electron chi connectivity index (χ4n) is 3.58. The van der Waals surface area contributed by atoms with E-state index >= 15 is 0 Å². The van der Waals surface area contributed by atoms with Crippen molar-refractivity contribution < 1.29 is 0 Å². The van der Waals surface area contributed by atoms with Crippen molar-refractivity contribution in [3.63, 3.8) is 0 Å². The quantitative estimate of drug-likeness (QED) is 0.596. The van der Waals surface area contributed by atoms with Crippen molar-refractivity contribution in [2.24, 2.45) is 0 Å². The van der Waals surface area contributed by atoms with Gasteiger partial charge in [0.25, 0.3) is 0 Å². The van der Waals surface area contributed by atoms with E-state index in [1.54, 1.807) is 11.1 Å². The van der Waals surface area contributed by atoms with Gasteiger partial charge >= 0.3 is 0 Å². The molecular weight excluding hydrogens is 146 g/mol. The Labute approximate surface area is 71.8 Å². The molecule has 60 valence electrons. The minimum Gasteiger partial charge on any atom is -0.315 e. The molecule has 2 atom stereocenters. The molecule has 0 spiro atoms. The first-order valence-electron chi connectivity index (χ1n) is 4.70. The summed E-state index contributed by atoms with van der Waals surface area (Å²) in [4.78, 5) is 0. The minimum atomic E-state index is 0.601. The van der Waals surface area contributed by atoms with Gasteiger partial charge in [0.1, 0.15) is 0 Å². The number of fused-ring (bicyclic) bond motifs is 1. The van der Waals surface area contributed by atoms with E-state index in [-0.39, 0.29) is 0 Å². The molecule has 1 saturated heterocycles. The van der Waals surface area contributed by atoms with Gasteiger partial charge in [0.2, 0.25) is 0 Å². The molecule has 0 amide bonds. The van der Waals surface area contributed by atoms with Crippen LogP contribution in [0.1, 0.15) is 17.5 Å². The second kappa shape index (κ2) is 1.35. The van der Waals surface area contributed by atoms with E-state index < -0.39 is 0 Å². The van der Waals surface area contributed by atoms with Crippen LogP contribution in [-0.4, -0.2) is 13.1 Å². The van der Waals surface area contributed by atoms with Crippen LogP contribution in [0.4, 0.5) is 0 Å². The second-order valence-corrected chi connectivity index (χ2v) is 4.49. The van der Waals surface area contributed by atoms with Gasteiger partial charge in [0, 0.05) is 23.9 Å². The third-order valence-corrected chi connectivity index (χ3v) is 4.21. The number of benzene rings is 1. The maximum atomic E-state index is 3.51. The Morgan fingerprint density at radius 3 is 2.17 bits per heavy atom. The lowest BCUT2D eigenvalue weighted by Crippen LogP contribution is -2.32. The van der Waals surface area contributed by atoms with E-state index in [2.05, 4.69) is 29.6 Å². The lowest BCUT2D eigenvalue weighted by atomic mass is 9.70. The molecule has 1 saturated carbocycles. The molecule has 1 aromatic rings. The fourth-order valence-corrected chi connectivity index (χ4v) is 3.58. The monoisotopic (exact) mass is 157 g/mol. The molecule has 1 heterocycles. The lowest BCUT2D eigenvalue weighted by molar-refractivity contribution is 0.576. The molecule has 4 rings (SSSR count). The second-order valence-electron chi connectivity index (χ2n) is 4.49. The standard InChI is InChI=1S/C11H11N/c1-2-4-9-8(3-1)10-5-11(9,10)7-12-6-10/h1-4,12H,5-7H2. The summed E-state index contributed by atoms with van der Waals surface area (Å²) in [7, 11) is 0. The van der Waals surface area contributed by atoms with Crippen molar-refractivity contribution in [1.82, 2.24) is 5.32 Å². The molecule has 0 aromatic heterocycles. The average Bonchev–Trinajstić information content (AvgIpc) is 2.59. The van der Waals surface area contributed by atoms with E-state index in [1.807, 2.05) is 0 Å². The number of hydrogen-bond donors (Lipinski definition) is 1. The van der Waals surface area contributed by atoms with Gasteiger partial charge in [0.05, 0.1) is 0 Å². The van der Waals surface area contributed by atoms with Crippen molar-refractivity contribution >= 4 is 0 Å². The number of nitrogens with one attached hydrogen (secondary N) is 1. The summed E-state index contributed by atoms with van der Waals surface area (Å²) in [5, 5.41) is 3.51. The highest BCUT2D eigenvalue weighted by atomic mass is 15.1. The van der Waals surface area contributed by atoms with E-state index in [9.17, 15) is 0 Å². The lowest BCUT2D eigenvalue weighted by Gasteiger charge is -2.32. The van der Waals surface area contributed by atoms with Crippen LogP contribution in [0.5, 0.6) is 0 Å². The Morgan fingerprint density at radius 2 is 1.58 bits per heavy atom. The van der Waals surface area contributed by atoms with Gasteiger partial charge < -0.3 is 5.32 Å². The number of rotatable bonds is 0. The van der Waals surface area contributed by atoms with Crippen molar-refractivity contribution in [2.75, 3.05) is 13.1 Å². The smallest absolute Gasteiger partial charge is 0.0199 e. The maximum absolute atomic E-state index is 3.51. The molecule has 2 fully saturated rings. The van der Waals surface area contributed by atoms with Gasteiger partial charge in [-0.2, -0.15) is 0 Å². The van der Waals surface area contributed by atoms with E-state index in [4.69, 9.17) is 0 Å². The van der Waals surface area contributed by atoms with Gasteiger partial charge in [0.15, 0.2) is 0 Å². The van der Waals surface area contributed by atoms with Crippen molar-refractivity contribution in [1.29, 1.82) is 0 Å². The van der Waals surface area contributed by atoms with Crippen LogP contribution >= 0.6 is 0 Å². The molecular formula is C11H11N. The SMILES string of the molecule is c1ccc2c(c1)C13CNCC21C3. The zero-order valence-electron chi connectivity index (χ0n) is 6.93. The summed E-state index contributed by atoms with van der Waals surface area (Å²) in [5.41, 5.74) is 4.47. The largest absolute Gasteiger partial charge is 0.315 e. The topological polar surface area (TPSA) is 12.0 Å². The summed E-state index contributed by atoms with van der Waals surface area (Å²) in [5.74, 6) is 0. The van der Waals surface area contributed by atoms with Gasteiger partial charge in [-0.05, 0) is 17.5 Å². The predicted molar refractivity (Wildman–Crippen MR) is 47.3 cm³/mol. The first-order valence-corrected chi connectivity index (χ1v) is 4.70. The molecule has 1 nitrogen and oxygen atoms in total. The van der Waals surface area contributed by atoms with E-state index in [1.165, 1.54) is 19.5 Å². The van der Waals surface area contributed by atoms with Gasteiger partial charge in [-0.15, -0.1) is 0 Å². The Hall–Kier alpha value is -0.820. The van der Waals surface area contributed by atoms with Crippen LogP contribution in [0.3, 0.4) is 0 Å². The third kappa shape index (κ3) is 0.329. The Bertz CT molecular complexity index is 349. The normalized spacial score (nSPS) is 45.7. The number of hydrogen-bond acceptors (Lipinski definition) is 1. The molecule has 1 aliphatic heterocycles. The molecule has 2 aliphatic carbocycles. The zero-order chi connectivity index (χ0) is 7.81. The molecule has 1 aromatic carbocycles. The van der Waals surface area contributed by atoms with Crippen LogP contribution < -0.4 is 5.32 Å². The molecule has 2 unspecified atom stereocenters. The molecule has 1 heteroatoms. The predicted octanol–water partition coefficient (Wildman–Crippen LogP) is 1.18. The van der Waals surface area contributed by atoms with Gasteiger partial charge in [-0.3, -0.25) is 0 Å². The molecule has 0 radical (unpaired) electrons. The highest BCUT2D eigenvalue weighted by Crippen LogP contribution is 2.76. The first-order chi connectivity index (χ1) is 5.89. The zero-order valence-corrected chi connectivity index (χ0v) is 6.93. The molecule has 12 heavy (non-hydrogen) atoms. The minimum absolute atomic E-state index is 0.601. The highest BCUT2D eigenvalue weighted by molar-refractivity contribution is 5.67. The highest BCUT2D eigenvalue weighted by Gasteiger charge is 2.78. The summed E-state index contributed by atoms with van der Waals surface area (Å²) in [6.07, 6.45) is 1.42. The van der Waals surface area contributed by atoms with E-state index in [0.717, 1.165) is 0 Å².